The first-order valence-corrected chi connectivity index (χ1v) is 7.19. The minimum absolute atomic E-state index is 0.354. The number of benzene rings is 2. The van der Waals surface area contributed by atoms with Gasteiger partial charge in [0.2, 0.25) is 0 Å². The second-order valence-corrected chi connectivity index (χ2v) is 5.39. The summed E-state index contributed by atoms with van der Waals surface area (Å²) in [6.07, 6.45) is 0. The van der Waals surface area contributed by atoms with Crippen molar-refractivity contribution in [2.45, 2.75) is 0 Å². The SMILES string of the molecule is [C-]#[N+]c1ccccc1-c1csc2ccc(C(=O)OC)cc12. The van der Waals surface area contributed by atoms with Crippen molar-refractivity contribution in [2.24, 2.45) is 0 Å². The van der Waals surface area contributed by atoms with Crippen LogP contribution in [0.5, 0.6) is 0 Å². The predicted molar refractivity (Wildman–Crippen MR) is 84.9 cm³/mol. The lowest BCUT2D eigenvalue weighted by molar-refractivity contribution is 0.0601. The lowest BCUT2D eigenvalue weighted by Crippen LogP contribution is -2.00. The first kappa shape index (κ1) is 13.3. The minimum atomic E-state index is -0.354. The van der Waals surface area contributed by atoms with Crippen molar-refractivity contribution in [3.8, 4) is 11.1 Å². The molecule has 1 heterocycles. The van der Waals surface area contributed by atoms with E-state index in [1.807, 2.05) is 35.7 Å². The maximum Gasteiger partial charge on any atom is 0.337 e. The van der Waals surface area contributed by atoms with Crippen LogP contribution in [-0.2, 0) is 4.74 Å². The van der Waals surface area contributed by atoms with Crippen LogP contribution in [0, 0.1) is 6.57 Å². The van der Waals surface area contributed by atoms with E-state index in [0.717, 1.165) is 21.2 Å². The number of thiophene rings is 1. The highest BCUT2D eigenvalue weighted by molar-refractivity contribution is 7.17. The van der Waals surface area contributed by atoms with E-state index in [4.69, 9.17) is 11.3 Å². The maximum absolute atomic E-state index is 11.7. The molecule has 0 atom stereocenters. The second kappa shape index (κ2) is 5.39. The Morgan fingerprint density at radius 2 is 2.00 bits per heavy atom. The molecule has 0 aliphatic rings. The minimum Gasteiger partial charge on any atom is -0.465 e. The topological polar surface area (TPSA) is 30.7 Å². The van der Waals surface area contributed by atoms with Crippen molar-refractivity contribution in [1.29, 1.82) is 0 Å². The van der Waals surface area contributed by atoms with Gasteiger partial charge in [-0.1, -0.05) is 24.3 Å². The summed E-state index contributed by atoms with van der Waals surface area (Å²) < 4.78 is 5.85. The van der Waals surface area contributed by atoms with Gasteiger partial charge in [-0.25, -0.2) is 9.64 Å². The third-order valence-corrected chi connectivity index (χ3v) is 4.27. The van der Waals surface area contributed by atoms with Gasteiger partial charge in [-0.2, -0.15) is 0 Å². The number of hydrogen-bond acceptors (Lipinski definition) is 3. The molecular formula is C17H11NO2S. The fourth-order valence-corrected chi connectivity index (χ4v) is 3.22. The summed E-state index contributed by atoms with van der Waals surface area (Å²) >= 11 is 1.60. The fourth-order valence-electron chi connectivity index (χ4n) is 2.28. The predicted octanol–water partition coefficient (Wildman–Crippen LogP) is 4.91. The zero-order valence-electron chi connectivity index (χ0n) is 11.3. The average molecular weight is 293 g/mol. The number of esters is 1. The van der Waals surface area contributed by atoms with E-state index in [2.05, 4.69) is 4.85 Å². The Kier molecular flexibility index (Phi) is 3.43. The van der Waals surface area contributed by atoms with E-state index < -0.39 is 0 Å². The molecule has 2 aromatic carbocycles. The second-order valence-electron chi connectivity index (χ2n) is 4.48. The molecular weight excluding hydrogens is 282 g/mol. The van der Waals surface area contributed by atoms with E-state index in [1.54, 1.807) is 23.5 Å². The normalized spacial score (nSPS) is 10.3. The highest BCUT2D eigenvalue weighted by Crippen LogP contribution is 2.39. The molecule has 0 N–H and O–H groups in total. The summed E-state index contributed by atoms with van der Waals surface area (Å²) in [5, 5.41) is 2.99. The number of carbonyl (C=O) groups excluding carboxylic acids is 1. The zero-order chi connectivity index (χ0) is 14.8. The van der Waals surface area contributed by atoms with Crippen LogP contribution in [0.4, 0.5) is 5.69 Å². The van der Waals surface area contributed by atoms with E-state index in [-0.39, 0.29) is 5.97 Å². The van der Waals surface area contributed by atoms with Crippen LogP contribution in [0.15, 0.2) is 47.8 Å². The molecule has 0 amide bonds. The average Bonchev–Trinajstić information content (AvgIpc) is 2.96. The smallest absolute Gasteiger partial charge is 0.337 e. The number of fused-ring (bicyclic) bond motifs is 1. The number of ether oxygens (including phenoxy) is 1. The largest absolute Gasteiger partial charge is 0.465 e. The quantitative estimate of drug-likeness (QED) is 0.496. The van der Waals surface area contributed by atoms with Gasteiger partial charge in [-0.15, -0.1) is 11.3 Å². The Morgan fingerprint density at radius 3 is 2.76 bits per heavy atom. The summed E-state index contributed by atoms with van der Waals surface area (Å²) in [5.41, 5.74) is 3.00. The van der Waals surface area contributed by atoms with Crippen molar-refractivity contribution in [3.05, 3.63) is 64.8 Å². The number of para-hydroxylation sites is 1. The summed E-state index contributed by atoms with van der Waals surface area (Å²) in [6, 6.07) is 13.0. The van der Waals surface area contributed by atoms with Crippen LogP contribution in [-0.4, -0.2) is 13.1 Å². The Morgan fingerprint density at radius 1 is 1.19 bits per heavy atom. The molecule has 0 unspecified atom stereocenters. The lowest BCUT2D eigenvalue weighted by atomic mass is 10.0. The summed E-state index contributed by atoms with van der Waals surface area (Å²) in [7, 11) is 1.37. The third kappa shape index (κ3) is 2.28. The van der Waals surface area contributed by atoms with Crippen LogP contribution in [0.25, 0.3) is 26.1 Å². The van der Waals surface area contributed by atoms with Gasteiger partial charge in [0.25, 0.3) is 0 Å². The Bertz CT molecular complexity index is 874. The van der Waals surface area contributed by atoms with Gasteiger partial charge in [0.05, 0.1) is 19.2 Å². The number of hydrogen-bond donors (Lipinski definition) is 0. The van der Waals surface area contributed by atoms with Crippen LogP contribution >= 0.6 is 11.3 Å². The molecule has 0 bridgehead atoms. The molecule has 3 nitrogen and oxygen atoms in total. The molecule has 0 spiro atoms. The molecule has 102 valence electrons. The molecule has 21 heavy (non-hydrogen) atoms. The van der Waals surface area contributed by atoms with E-state index in [0.29, 0.717) is 11.3 Å². The van der Waals surface area contributed by atoms with Gasteiger partial charge in [0.15, 0.2) is 5.69 Å². The van der Waals surface area contributed by atoms with Gasteiger partial charge >= 0.3 is 5.97 Å². The molecule has 0 aliphatic carbocycles. The molecule has 0 saturated carbocycles. The number of carbonyl (C=O) groups is 1. The van der Waals surface area contributed by atoms with Gasteiger partial charge in [-0.3, -0.25) is 0 Å². The molecule has 3 rings (SSSR count). The maximum atomic E-state index is 11.7. The standard InChI is InChI=1S/C17H11NO2S/c1-18-15-6-4-3-5-12(15)14-10-21-16-8-7-11(9-13(14)16)17(19)20-2/h3-10H,2H3. The summed E-state index contributed by atoms with van der Waals surface area (Å²) in [6.45, 7) is 7.29. The zero-order valence-corrected chi connectivity index (χ0v) is 12.1. The Balaban J connectivity index is 2.24. The van der Waals surface area contributed by atoms with Crippen LogP contribution in [0.1, 0.15) is 10.4 Å². The van der Waals surface area contributed by atoms with Crippen molar-refractivity contribution in [1.82, 2.24) is 0 Å². The van der Waals surface area contributed by atoms with Crippen LogP contribution in [0.3, 0.4) is 0 Å². The number of rotatable bonds is 2. The molecule has 1 aromatic heterocycles. The fraction of sp³-hybridized carbons (Fsp3) is 0.0588. The third-order valence-electron chi connectivity index (χ3n) is 3.31. The van der Waals surface area contributed by atoms with Crippen molar-refractivity contribution in [3.63, 3.8) is 0 Å². The van der Waals surface area contributed by atoms with Gasteiger partial charge in [0, 0.05) is 4.70 Å². The summed E-state index contributed by atoms with van der Waals surface area (Å²) in [4.78, 5) is 15.3. The first-order chi connectivity index (χ1) is 10.2. The number of nitrogens with zero attached hydrogens (tertiary/aromatic N) is 1. The van der Waals surface area contributed by atoms with Crippen LogP contribution in [0.2, 0.25) is 0 Å². The van der Waals surface area contributed by atoms with E-state index >= 15 is 0 Å². The van der Waals surface area contributed by atoms with E-state index in [9.17, 15) is 4.79 Å². The van der Waals surface area contributed by atoms with Gasteiger partial charge in [0.1, 0.15) is 0 Å². The van der Waals surface area contributed by atoms with E-state index in [1.165, 1.54) is 7.11 Å². The van der Waals surface area contributed by atoms with Crippen LogP contribution < -0.4 is 0 Å². The Labute approximate surface area is 126 Å². The molecule has 3 aromatic rings. The monoisotopic (exact) mass is 293 g/mol. The molecule has 4 heteroatoms. The summed E-state index contributed by atoms with van der Waals surface area (Å²) in [5.74, 6) is -0.354. The van der Waals surface area contributed by atoms with Crippen molar-refractivity contribution < 1.29 is 9.53 Å². The van der Waals surface area contributed by atoms with Crippen molar-refractivity contribution >= 4 is 33.1 Å². The molecule has 0 saturated heterocycles. The van der Waals surface area contributed by atoms with Crippen molar-refractivity contribution in [2.75, 3.05) is 7.11 Å². The van der Waals surface area contributed by atoms with Gasteiger partial charge in [-0.05, 0) is 40.1 Å². The van der Waals surface area contributed by atoms with Gasteiger partial charge < -0.3 is 4.74 Å². The Hall–Kier alpha value is -2.64. The highest BCUT2D eigenvalue weighted by atomic mass is 32.1. The molecule has 0 fully saturated rings. The molecule has 0 radical (unpaired) electrons. The first-order valence-electron chi connectivity index (χ1n) is 6.31. The number of methoxy groups -OCH3 is 1. The molecule has 0 aliphatic heterocycles. The lowest BCUT2D eigenvalue weighted by Gasteiger charge is -2.04. The highest BCUT2D eigenvalue weighted by Gasteiger charge is 2.13.